The van der Waals surface area contributed by atoms with Gasteiger partial charge in [0.15, 0.2) is 5.78 Å². The quantitative estimate of drug-likeness (QED) is 0.490. The highest BCUT2D eigenvalue weighted by molar-refractivity contribution is 7.89. The lowest BCUT2D eigenvalue weighted by Crippen LogP contribution is -2.59. The lowest BCUT2D eigenvalue weighted by atomic mass is 9.74. The first-order valence-electron chi connectivity index (χ1n) is 11.8. The molecule has 0 N–H and O–H groups in total. The van der Waals surface area contributed by atoms with Gasteiger partial charge in [-0.05, 0) is 37.8 Å². The third-order valence-corrected chi connectivity index (χ3v) is 9.53. The molecule has 0 spiro atoms. The highest BCUT2D eigenvalue weighted by Crippen LogP contribution is 2.44. The van der Waals surface area contributed by atoms with E-state index in [9.17, 15) is 26.4 Å². The van der Waals surface area contributed by atoms with Crippen molar-refractivity contribution in [2.45, 2.75) is 61.9 Å². The van der Waals surface area contributed by atoms with Crippen molar-refractivity contribution < 1.29 is 26.4 Å². The van der Waals surface area contributed by atoms with E-state index in [0.29, 0.717) is 25.1 Å². The van der Waals surface area contributed by atoms with Crippen LogP contribution in [0.2, 0.25) is 5.02 Å². The van der Waals surface area contributed by atoms with Crippen LogP contribution < -0.4 is 0 Å². The Morgan fingerprint density at radius 2 is 1.75 bits per heavy atom. The SMILES string of the molecule is Cc1ccc(C(=O)CCC2(N3CCN(S(=O)(=O)c4cn(C)nn4)CC3)CCC(F)(F)CC2)c(Cl)c1F. The molecule has 0 radical (unpaired) electrons. The fraction of sp³-hybridized carbons (Fsp3) is 0.609. The molecule has 1 saturated carbocycles. The predicted octanol–water partition coefficient (Wildman–Crippen LogP) is 3.83. The van der Waals surface area contributed by atoms with Crippen LogP contribution in [0.5, 0.6) is 0 Å². The Balaban J connectivity index is 1.49. The van der Waals surface area contributed by atoms with E-state index in [1.165, 1.54) is 27.3 Å². The van der Waals surface area contributed by atoms with E-state index in [1.807, 2.05) is 4.90 Å². The zero-order valence-corrected chi connectivity index (χ0v) is 21.8. The summed E-state index contributed by atoms with van der Waals surface area (Å²) in [6.07, 6.45) is 1.40. The van der Waals surface area contributed by atoms with E-state index in [1.54, 1.807) is 14.0 Å². The molecule has 8 nitrogen and oxygen atoms in total. The number of alkyl halides is 2. The van der Waals surface area contributed by atoms with Gasteiger partial charge >= 0.3 is 0 Å². The second-order valence-electron chi connectivity index (χ2n) is 9.68. The maximum absolute atomic E-state index is 14.2. The summed E-state index contributed by atoms with van der Waals surface area (Å²) >= 11 is 6.07. The summed E-state index contributed by atoms with van der Waals surface area (Å²) in [7, 11) is -2.24. The van der Waals surface area contributed by atoms with Crippen LogP contribution in [0.3, 0.4) is 0 Å². The number of carbonyl (C=O) groups is 1. The number of sulfonamides is 1. The summed E-state index contributed by atoms with van der Waals surface area (Å²) in [6.45, 7) is 2.55. The summed E-state index contributed by atoms with van der Waals surface area (Å²) < 4.78 is 70.8. The van der Waals surface area contributed by atoms with Gasteiger partial charge in [0.25, 0.3) is 10.0 Å². The van der Waals surface area contributed by atoms with E-state index >= 15 is 0 Å². The van der Waals surface area contributed by atoms with Crippen molar-refractivity contribution in [1.29, 1.82) is 0 Å². The molecule has 0 unspecified atom stereocenters. The van der Waals surface area contributed by atoms with Crippen molar-refractivity contribution in [3.8, 4) is 0 Å². The van der Waals surface area contributed by atoms with Gasteiger partial charge in [0.05, 0.1) is 11.2 Å². The average Bonchev–Trinajstić information content (AvgIpc) is 3.29. The average molecular weight is 548 g/mol. The fourth-order valence-electron chi connectivity index (χ4n) is 5.13. The predicted molar refractivity (Wildman–Crippen MR) is 127 cm³/mol. The molecule has 0 bridgehead atoms. The van der Waals surface area contributed by atoms with Crippen molar-refractivity contribution in [2.75, 3.05) is 26.2 Å². The molecular formula is C23H29ClF3N5O3S. The largest absolute Gasteiger partial charge is 0.295 e. The van der Waals surface area contributed by atoms with Crippen LogP contribution in [0.25, 0.3) is 0 Å². The van der Waals surface area contributed by atoms with Crippen LogP contribution in [0.1, 0.15) is 54.4 Å². The highest BCUT2D eigenvalue weighted by Gasteiger charge is 2.47. The molecule has 36 heavy (non-hydrogen) atoms. The van der Waals surface area contributed by atoms with Gasteiger partial charge in [0, 0.05) is 63.6 Å². The van der Waals surface area contributed by atoms with Gasteiger partial charge in [0.2, 0.25) is 10.9 Å². The van der Waals surface area contributed by atoms with Crippen LogP contribution in [-0.2, 0) is 17.1 Å². The molecule has 2 fully saturated rings. The summed E-state index contributed by atoms with van der Waals surface area (Å²) in [5, 5.41) is 7.03. The Labute approximate surface area is 213 Å². The second-order valence-corrected chi connectivity index (χ2v) is 11.9. The molecular weight excluding hydrogens is 519 g/mol. The summed E-state index contributed by atoms with van der Waals surface area (Å²) in [6, 6.07) is 2.98. The van der Waals surface area contributed by atoms with Crippen LogP contribution in [0.15, 0.2) is 23.4 Å². The monoisotopic (exact) mass is 547 g/mol. The number of hydrogen-bond donors (Lipinski definition) is 0. The van der Waals surface area contributed by atoms with Crippen molar-refractivity contribution in [3.05, 3.63) is 40.3 Å². The molecule has 198 valence electrons. The number of aromatic nitrogens is 3. The number of rotatable bonds is 7. The number of carbonyl (C=O) groups excluding carboxylic acids is 1. The van der Waals surface area contributed by atoms with Gasteiger partial charge in [-0.15, -0.1) is 5.10 Å². The zero-order chi connectivity index (χ0) is 26.3. The zero-order valence-electron chi connectivity index (χ0n) is 20.2. The maximum Gasteiger partial charge on any atom is 0.264 e. The number of benzene rings is 1. The topological polar surface area (TPSA) is 88.4 Å². The Hall–Kier alpha value is -2.02. The molecule has 2 aliphatic rings. The third-order valence-electron chi connectivity index (χ3n) is 7.40. The fourth-order valence-corrected chi connectivity index (χ4v) is 6.78. The van der Waals surface area contributed by atoms with Crippen LogP contribution in [0.4, 0.5) is 13.2 Å². The Kier molecular flexibility index (Phi) is 7.53. The minimum absolute atomic E-state index is 0.0198. The van der Waals surface area contributed by atoms with Crippen LogP contribution in [0, 0.1) is 12.7 Å². The van der Waals surface area contributed by atoms with Crippen LogP contribution >= 0.6 is 11.6 Å². The molecule has 0 atom stereocenters. The summed E-state index contributed by atoms with van der Waals surface area (Å²) in [5.41, 5.74) is -0.275. The van der Waals surface area contributed by atoms with E-state index in [-0.39, 0.29) is 66.6 Å². The molecule has 1 aromatic heterocycles. The summed E-state index contributed by atoms with van der Waals surface area (Å²) in [4.78, 5) is 15.0. The number of hydrogen-bond acceptors (Lipinski definition) is 6. The Morgan fingerprint density at radius 3 is 2.33 bits per heavy atom. The van der Waals surface area contributed by atoms with E-state index in [2.05, 4.69) is 10.3 Å². The molecule has 1 aromatic carbocycles. The van der Waals surface area contributed by atoms with Gasteiger partial charge in [-0.25, -0.2) is 21.6 Å². The molecule has 1 saturated heterocycles. The van der Waals surface area contributed by atoms with Gasteiger partial charge < -0.3 is 0 Å². The van der Waals surface area contributed by atoms with Crippen molar-refractivity contribution in [3.63, 3.8) is 0 Å². The van der Waals surface area contributed by atoms with E-state index < -0.39 is 27.3 Å². The van der Waals surface area contributed by atoms with Crippen molar-refractivity contribution in [1.82, 2.24) is 24.2 Å². The lowest BCUT2D eigenvalue weighted by Gasteiger charge is -2.50. The van der Waals surface area contributed by atoms with Gasteiger partial charge in [-0.1, -0.05) is 22.9 Å². The number of ketones is 1. The molecule has 13 heteroatoms. The standard InChI is InChI=1S/C23H29ClF3N5O3S/c1-16-3-4-17(20(24)21(16)25)18(33)5-6-22(7-9-23(26,27)10-8-22)31-11-13-32(14-12-31)36(34,35)19-15-30(2)29-28-19/h3-4,15H,5-14H2,1-2H3. The molecule has 1 aliphatic heterocycles. The molecule has 0 amide bonds. The molecule has 1 aliphatic carbocycles. The smallest absolute Gasteiger partial charge is 0.264 e. The minimum Gasteiger partial charge on any atom is -0.295 e. The van der Waals surface area contributed by atoms with Gasteiger partial charge in [-0.3, -0.25) is 14.4 Å². The second kappa shape index (κ2) is 10.0. The minimum atomic E-state index is -3.82. The number of aryl methyl sites for hydroxylation is 2. The van der Waals surface area contributed by atoms with E-state index in [4.69, 9.17) is 11.6 Å². The number of Topliss-reactive ketones (excluding diaryl/α,β-unsaturated/α-hetero) is 1. The first-order valence-corrected chi connectivity index (χ1v) is 13.6. The Bertz CT molecular complexity index is 1240. The highest BCUT2D eigenvalue weighted by atomic mass is 35.5. The number of halogens is 4. The van der Waals surface area contributed by atoms with Crippen molar-refractivity contribution >= 4 is 27.4 Å². The molecule has 2 heterocycles. The van der Waals surface area contributed by atoms with Gasteiger partial charge in [-0.2, -0.15) is 4.31 Å². The lowest BCUT2D eigenvalue weighted by molar-refractivity contribution is -0.0891. The first kappa shape index (κ1) is 27.0. The molecule has 4 rings (SSSR count). The summed E-state index contributed by atoms with van der Waals surface area (Å²) in [5.74, 6) is -3.76. The normalized spacial score (nSPS) is 20.9. The number of nitrogens with zero attached hydrogens (tertiary/aromatic N) is 5. The van der Waals surface area contributed by atoms with E-state index in [0.717, 1.165) is 0 Å². The van der Waals surface area contributed by atoms with Crippen molar-refractivity contribution in [2.24, 2.45) is 7.05 Å². The van der Waals surface area contributed by atoms with Crippen LogP contribution in [-0.4, -0.2) is 76.0 Å². The van der Waals surface area contributed by atoms with Gasteiger partial charge in [0.1, 0.15) is 5.82 Å². The maximum atomic E-state index is 14.2. The first-order chi connectivity index (χ1) is 16.8. The molecule has 2 aromatic rings. The number of piperazine rings is 1. The third kappa shape index (κ3) is 5.32. The Morgan fingerprint density at radius 1 is 1.11 bits per heavy atom.